The molecular formula is C17H28Cl2N2. The third-order valence-electron chi connectivity index (χ3n) is 3.89. The molecule has 1 rings (SSSR count). The van der Waals surface area contributed by atoms with Gasteiger partial charge in [0.25, 0.3) is 0 Å². The molecule has 0 amide bonds. The van der Waals surface area contributed by atoms with Crippen molar-refractivity contribution in [1.82, 2.24) is 5.43 Å². The number of unbranched alkanes of at least 4 members (excludes halogenated alkanes) is 7. The minimum atomic E-state index is 0.153. The maximum Gasteiger partial charge on any atom is 0.0595 e. The Morgan fingerprint density at radius 1 is 0.952 bits per heavy atom. The normalized spacial score (nSPS) is 12.6. The molecule has 1 aromatic rings. The van der Waals surface area contributed by atoms with Gasteiger partial charge in [0.2, 0.25) is 0 Å². The Balaban J connectivity index is 2.23. The van der Waals surface area contributed by atoms with Crippen molar-refractivity contribution in [3.05, 3.63) is 33.8 Å². The highest BCUT2D eigenvalue weighted by Gasteiger charge is 2.10. The van der Waals surface area contributed by atoms with Crippen molar-refractivity contribution in [2.75, 3.05) is 0 Å². The summed E-state index contributed by atoms with van der Waals surface area (Å²) in [6, 6.07) is 5.87. The van der Waals surface area contributed by atoms with Gasteiger partial charge in [-0.1, -0.05) is 87.6 Å². The maximum absolute atomic E-state index is 6.06. The summed E-state index contributed by atoms with van der Waals surface area (Å²) >= 11 is 12.0. The average molecular weight is 331 g/mol. The van der Waals surface area contributed by atoms with Crippen molar-refractivity contribution >= 4 is 23.2 Å². The highest BCUT2D eigenvalue weighted by molar-refractivity contribution is 6.42. The van der Waals surface area contributed by atoms with Gasteiger partial charge in [0, 0.05) is 6.04 Å². The summed E-state index contributed by atoms with van der Waals surface area (Å²) in [4.78, 5) is 0. The first-order chi connectivity index (χ1) is 10.2. The quantitative estimate of drug-likeness (QED) is 0.295. The highest BCUT2D eigenvalue weighted by atomic mass is 35.5. The number of hydrazine groups is 1. The lowest BCUT2D eigenvalue weighted by atomic mass is 10.00. The van der Waals surface area contributed by atoms with E-state index in [9.17, 15) is 0 Å². The number of nitrogens with one attached hydrogen (secondary N) is 1. The summed E-state index contributed by atoms with van der Waals surface area (Å²) in [5, 5.41) is 1.17. The zero-order valence-corrected chi connectivity index (χ0v) is 14.5. The van der Waals surface area contributed by atoms with Crippen LogP contribution in [0.3, 0.4) is 0 Å². The van der Waals surface area contributed by atoms with Gasteiger partial charge in [0.05, 0.1) is 10.0 Å². The van der Waals surface area contributed by atoms with E-state index >= 15 is 0 Å². The fourth-order valence-electron chi connectivity index (χ4n) is 2.56. The van der Waals surface area contributed by atoms with E-state index in [4.69, 9.17) is 29.0 Å². The first kappa shape index (κ1) is 18.8. The van der Waals surface area contributed by atoms with Crippen molar-refractivity contribution in [3.63, 3.8) is 0 Å². The Morgan fingerprint density at radius 3 is 2.14 bits per heavy atom. The van der Waals surface area contributed by atoms with Crippen LogP contribution in [0.4, 0.5) is 0 Å². The molecule has 0 aliphatic carbocycles. The Bertz CT molecular complexity index is 396. The molecule has 0 heterocycles. The lowest BCUT2D eigenvalue weighted by Crippen LogP contribution is -2.28. The van der Waals surface area contributed by atoms with Crippen molar-refractivity contribution in [1.29, 1.82) is 0 Å². The number of rotatable bonds is 11. The molecular weight excluding hydrogens is 303 g/mol. The summed E-state index contributed by atoms with van der Waals surface area (Å²) in [5.41, 5.74) is 3.99. The second-order valence-corrected chi connectivity index (χ2v) is 6.47. The van der Waals surface area contributed by atoms with Crippen LogP contribution < -0.4 is 11.3 Å². The van der Waals surface area contributed by atoms with Crippen LogP contribution in [0.15, 0.2) is 18.2 Å². The second kappa shape index (κ2) is 11.3. The van der Waals surface area contributed by atoms with E-state index in [1.165, 1.54) is 51.4 Å². The number of hydrogen-bond donors (Lipinski definition) is 2. The molecule has 0 radical (unpaired) electrons. The fraction of sp³-hybridized carbons (Fsp3) is 0.647. The van der Waals surface area contributed by atoms with Crippen molar-refractivity contribution in [2.45, 2.75) is 70.8 Å². The molecule has 0 aromatic heterocycles. The van der Waals surface area contributed by atoms with Gasteiger partial charge in [-0.05, 0) is 24.1 Å². The summed E-state index contributed by atoms with van der Waals surface area (Å²) in [6.07, 6.45) is 11.6. The van der Waals surface area contributed by atoms with E-state index < -0.39 is 0 Å². The van der Waals surface area contributed by atoms with Crippen LogP contribution in [0, 0.1) is 0 Å². The molecule has 3 N–H and O–H groups in total. The minimum absolute atomic E-state index is 0.153. The van der Waals surface area contributed by atoms with Crippen molar-refractivity contribution in [2.24, 2.45) is 5.84 Å². The standard InChI is InChI=1S/C17H28Cl2N2/c1-2-3-4-5-6-7-8-9-10-17(21-20)14-11-12-15(18)16(19)13-14/h11-13,17,21H,2-10,20H2,1H3. The molecule has 0 aliphatic rings. The van der Waals surface area contributed by atoms with Gasteiger partial charge in [-0.3, -0.25) is 11.3 Å². The zero-order chi connectivity index (χ0) is 15.5. The molecule has 2 nitrogen and oxygen atoms in total. The molecule has 0 fully saturated rings. The van der Waals surface area contributed by atoms with Crippen LogP contribution in [-0.4, -0.2) is 0 Å². The SMILES string of the molecule is CCCCCCCCCCC(NN)c1ccc(Cl)c(Cl)c1. The van der Waals surface area contributed by atoms with Crippen LogP contribution in [0.5, 0.6) is 0 Å². The van der Waals surface area contributed by atoms with Crippen LogP contribution in [0.25, 0.3) is 0 Å². The molecule has 21 heavy (non-hydrogen) atoms. The van der Waals surface area contributed by atoms with Crippen molar-refractivity contribution < 1.29 is 0 Å². The largest absolute Gasteiger partial charge is 0.271 e. The molecule has 0 bridgehead atoms. The summed E-state index contributed by atoms with van der Waals surface area (Å²) in [6.45, 7) is 2.25. The highest BCUT2D eigenvalue weighted by Crippen LogP contribution is 2.27. The molecule has 0 aliphatic heterocycles. The van der Waals surface area contributed by atoms with Gasteiger partial charge in [0.15, 0.2) is 0 Å². The summed E-state index contributed by atoms with van der Waals surface area (Å²) in [5.74, 6) is 5.66. The molecule has 0 saturated heterocycles. The van der Waals surface area contributed by atoms with Gasteiger partial charge >= 0.3 is 0 Å². The lowest BCUT2D eigenvalue weighted by molar-refractivity contribution is 0.475. The molecule has 4 heteroatoms. The molecule has 120 valence electrons. The van der Waals surface area contributed by atoms with Crippen LogP contribution >= 0.6 is 23.2 Å². The maximum atomic E-state index is 6.06. The topological polar surface area (TPSA) is 38.0 Å². The van der Waals surface area contributed by atoms with E-state index in [1.54, 1.807) is 0 Å². The molecule has 1 atom stereocenters. The second-order valence-electron chi connectivity index (χ2n) is 5.66. The summed E-state index contributed by atoms with van der Waals surface area (Å²) < 4.78 is 0. The Labute approximate surface area is 139 Å². The zero-order valence-electron chi connectivity index (χ0n) is 13.0. The van der Waals surface area contributed by atoms with Crippen molar-refractivity contribution in [3.8, 4) is 0 Å². The minimum Gasteiger partial charge on any atom is -0.271 e. The Hall–Kier alpha value is -0.280. The van der Waals surface area contributed by atoms with Gasteiger partial charge < -0.3 is 0 Å². The number of halogens is 2. The van der Waals surface area contributed by atoms with Crippen LogP contribution in [0.2, 0.25) is 10.0 Å². The summed E-state index contributed by atoms with van der Waals surface area (Å²) in [7, 11) is 0. The number of nitrogens with two attached hydrogens (primary N) is 1. The van der Waals surface area contributed by atoms with Gasteiger partial charge in [-0.2, -0.15) is 0 Å². The van der Waals surface area contributed by atoms with E-state index in [-0.39, 0.29) is 6.04 Å². The van der Waals surface area contributed by atoms with Gasteiger partial charge in [-0.15, -0.1) is 0 Å². The molecule has 0 spiro atoms. The smallest absolute Gasteiger partial charge is 0.0595 e. The van der Waals surface area contributed by atoms with E-state index in [1.807, 2.05) is 18.2 Å². The van der Waals surface area contributed by atoms with Crippen LogP contribution in [-0.2, 0) is 0 Å². The monoisotopic (exact) mass is 330 g/mol. The van der Waals surface area contributed by atoms with E-state index in [0.29, 0.717) is 10.0 Å². The third kappa shape index (κ3) is 7.51. The van der Waals surface area contributed by atoms with E-state index in [0.717, 1.165) is 12.0 Å². The Morgan fingerprint density at radius 2 is 1.57 bits per heavy atom. The van der Waals surface area contributed by atoms with E-state index in [2.05, 4.69) is 12.3 Å². The lowest BCUT2D eigenvalue weighted by Gasteiger charge is -2.16. The Kier molecular flexibility index (Phi) is 10.1. The first-order valence-corrected chi connectivity index (χ1v) is 8.85. The molecule has 0 saturated carbocycles. The van der Waals surface area contributed by atoms with Gasteiger partial charge in [0.1, 0.15) is 0 Å². The average Bonchev–Trinajstić information content (AvgIpc) is 2.49. The predicted molar refractivity (Wildman–Crippen MR) is 93.8 cm³/mol. The predicted octanol–water partition coefficient (Wildman–Crippen LogP) is 6.03. The molecule has 1 unspecified atom stereocenters. The number of hydrogen-bond acceptors (Lipinski definition) is 2. The van der Waals surface area contributed by atoms with Gasteiger partial charge in [-0.25, -0.2) is 0 Å². The molecule has 1 aromatic carbocycles. The fourth-order valence-corrected chi connectivity index (χ4v) is 2.86. The number of benzene rings is 1. The third-order valence-corrected chi connectivity index (χ3v) is 4.63. The first-order valence-electron chi connectivity index (χ1n) is 8.10. The van der Waals surface area contributed by atoms with Crippen LogP contribution in [0.1, 0.15) is 76.3 Å².